The first-order chi connectivity index (χ1) is 10.8. The van der Waals surface area contributed by atoms with E-state index < -0.39 is 6.04 Å². The second-order valence-electron chi connectivity index (χ2n) is 6.78. The van der Waals surface area contributed by atoms with E-state index in [1.165, 1.54) is 19.3 Å². The molecule has 1 heterocycles. The van der Waals surface area contributed by atoms with Gasteiger partial charge < -0.3 is 10.2 Å². The zero-order valence-electron chi connectivity index (χ0n) is 12.8. The molecule has 1 aliphatic heterocycles. The van der Waals surface area contributed by atoms with Crippen LogP contribution in [-0.2, 0) is 4.79 Å². The Bertz CT molecular complexity index is 603. The lowest BCUT2D eigenvalue weighted by molar-refractivity contribution is -0.126. The Balaban J connectivity index is 1.60. The second kappa shape index (κ2) is 5.41. The van der Waals surface area contributed by atoms with Gasteiger partial charge in [0, 0.05) is 17.6 Å². The van der Waals surface area contributed by atoms with E-state index in [0.717, 1.165) is 31.2 Å². The number of nitrogens with one attached hydrogen (secondary N) is 1. The third-order valence-corrected chi connectivity index (χ3v) is 5.14. The molecule has 116 valence electrons. The van der Waals surface area contributed by atoms with Gasteiger partial charge in [0.05, 0.1) is 0 Å². The van der Waals surface area contributed by atoms with E-state index >= 15 is 0 Å². The fraction of sp³-hybridized carbons (Fsp3) is 0.556. The Morgan fingerprint density at radius 1 is 1.05 bits per heavy atom. The number of nitrogens with zero attached hydrogens (tertiary/aromatic N) is 1. The van der Waals surface area contributed by atoms with Crippen LogP contribution in [-0.4, -0.2) is 28.8 Å². The molecule has 1 aromatic carbocycles. The van der Waals surface area contributed by atoms with Gasteiger partial charge in [0.1, 0.15) is 6.04 Å². The summed E-state index contributed by atoms with van der Waals surface area (Å²) in [5.74, 6) is 0.0407. The van der Waals surface area contributed by atoms with Crippen LogP contribution in [0.3, 0.4) is 0 Å². The van der Waals surface area contributed by atoms with Gasteiger partial charge in [-0.3, -0.25) is 9.59 Å². The van der Waals surface area contributed by atoms with E-state index in [0.29, 0.717) is 5.56 Å². The zero-order valence-corrected chi connectivity index (χ0v) is 12.8. The molecule has 0 bridgehead atoms. The number of carbonyl (C=O) groups is 2. The third-order valence-electron chi connectivity index (χ3n) is 5.14. The highest BCUT2D eigenvalue weighted by atomic mass is 16.2. The molecule has 1 N–H and O–H groups in total. The van der Waals surface area contributed by atoms with E-state index in [-0.39, 0.29) is 23.9 Å². The van der Waals surface area contributed by atoms with Gasteiger partial charge in [-0.1, -0.05) is 37.5 Å². The first-order valence-electron chi connectivity index (χ1n) is 8.47. The van der Waals surface area contributed by atoms with Crippen LogP contribution in [0, 0.1) is 0 Å². The molecule has 4 nitrogen and oxygen atoms in total. The Morgan fingerprint density at radius 2 is 1.77 bits per heavy atom. The molecule has 1 unspecified atom stereocenters. The van der Waals surface area contributed by atoms with Crippen molar-refractivity contribution in [2.45, 2.75) is 63.1 Å². The van der Waals surface area contributed by atoms with Gasteiger partial charge in [-0.25, -0.2) is 0 Å². The Labute approximate surface area is 130 Å². The maximum Gasteiger partial charge on any atom is 0.255 e. The summed E-state index contributed by atoms with van der Waals surface area (Å²) < 4.78 is 0. The van der Waals surface area contributed by atoms with Gasteiger partial charge in [-0.15, -0.1) is 0 Å². The lowest BCUT2D eigenvalue weighted by Crippen LogP contribution is -2.44. The standard InChI is InChI=1S/C18H22N2O2/c21-17(19-12-6-2-1-3-7-12)16-14-8-4-5-9-15(14)18(22)20(16)13-10-11-13/h4-5,8-9,12-13,16H,1-3,6-7,10-11H2,(H,19,21). The summed E-state index contributed by atoms with van der Waals surface area (Å²) >= 11 is 0. The lowest BCUT2D eigenvalue weighted by atomic mass is 9.95. The average Bonchev–Trinajstić information content (AvgIpc) is 3.33. The van der Waals surface area contributed by atoms with Crippen molar-refractivity contribution in [3.63, 3.8) is 0 Å². The van der Waals surface area contributed by atoms with Crippen LogP contribution in [0.5, 0.6) is 0 Å². The molecule has 2 amide bonds. The summed E-state index contributed by atoms with van der Waals surface area (Å²) in [4.78, 5) is 27.3. The molecule has 2 aliphatic carbocycles. The molecule has 2 saturated carbocycles. The molecule has 2 fully saturated rings. The van der Waals surface area contributed by atoms with Crippen molar-refractivity contribution in [1.82, 2.24) is 10.2 Å². The van der Waals surface area contributed by atoms with Crippen LogP contribution in [0.1, 0.15) is 66.9 Å². The van der Waals surface area contributed by atoms with Crippen LogP contribution >= 0.6 is 0 Å². The van der Waals surface area contributed by atoms with Crippen LogP contribution in [0.15, 0.2) is 24.3 Å². The topological polar surface area (TPSA) is 49.4 Å². The van der Waals surface area contributed by atoms with Gasteiger partial charge in [0.2, 0.25) is 5.91 Å². The predicted molar refractivity (Wildman–Crippen MR) is 83.4 cm³/mol. The van der Waals surface area contributed by atoms with Crippen molar-refractivity contribution in [2.75, 3.05) is 0 Å². The molecular weight excluding hydrogens is 276 g/mol. The van der Waals surface area contributed by atoms with Gasteiger partial charge in [-0.05, 0) is 37.3 Å². The SMILES string of the molecule is O=C(NC1CCCCC1)C1c2ccccc2C(=O)N1C1CC1. The van der Waals surface area contributed by atoms with Crippen molar-refractivity contribution in [3.05, 3.63) is 35.4 Å². The lowest BCUT2D eigenvalue weighted by Gasteiger charge is -2.28. The number of fused-ring (bicyclic) bond motifs is 1. The Kier molecular flexibility index (Phi) is 3.40. The van der Waals surface area contributed by atoms with Crippen molar-refractivity contribution < 1.29 is 9.59 Å². The van der Waals surface area contributed by atoms with Crippen LogP contribution in [0.4, 0.5) is 0 Å². The molecule has 22 heavy (non-hydrogen) atoms. The fourth-order valence-corrected chi connectivity index (χ4v) is 3.86. The third kappa shape index (κ3) is 2.31. The van der Waals surface area contributed by atoms with Gasteiger partial charge in [0.25, 0.3) is 5.91 Å². The minimum atomic E-state index is -0.418. The first-order valence-corrected chi connectivity index (χ1v) is 8.47. The maximum absolute atomic E-state index is 12.9. The molecule has 4 rings (SSSR count). The average molecular weight is 298 g/mol. The van der Waals surface area contributed by atoms with E-state index in [1.54, 1.807) is 0 Å². The number of amides is 2. The summed E-state index contributed by atoms with van der Waals surface area (Å²) in [5.41, 5.74) is 1.59. The van der Waals surface area contributed by atoms with Gasteiger partial charge in [-0.2, -0.15) is 0 Å². The largest absolute Gasteiger partial charge is 0.351 e. The Hall–Kier alpha value is -1.84. The quantitative estimate of drug-likeness (QED) is 0.933. The molecule has 0 spiro atoms. The molecule has 3 aliphatic rings. The molecule has 0 radical (unpaired) electrons. The van der Waals surface area contributed by atoms with Crippen molar-refractivity contribution >= 4 is 11.8 Å². The summed E-state index contributed by atoms with van der Waals surface area (Å²) in [6.07, 6.45) is 7.83. The maximum atomic E-state index is 12.9. The van der Waals surface area contributed by atoms with Crippen LogP contribution in [0.25, 0.3) is 0 Å². The van der Waals surface area contributed by atoms with Crippen LogP contribution in [0.2, 0.25) is 0 Å². The summed E-state index contributed by atoms with van der Waals surface area (Å²) in [7, 11) is 0. The number of hydrogen-bond donors (Lipinski definition) is 1. The first kappa shape index (κ1) is 13.8. The fourth-order valence-electron chi connectivity index (χ4n) is 3.86. The van der Waals surface area contributed by atoms with Crippen molar-refractivity contribution in [2.24, 2.45) is 0 Å². The monoisotopic (exact) mass is 298 g/mol. The highest BCUT2D eigenvalue weighted by Gasteiger charge is 2.47. The van der Waals surface area contributed by atoms with Crippen molar-refractivity contribution in [1.29, 1.82) is 0 Å². The van der Waals surface area contributed by atoms with Gasteiger partial charge >= 0.3 is 0 Å². The summed E-state index contributed by atoms with van der Waals surface area (Å²) in [5, 5.41) is 3.20. The summed E-state index contributed by atoms with van der Waals surface area (Å²) in [6, 6.07) is 7.69. The number of rotatable bonds is 3. The molecule has 4 heteroatoms. The van der Waals surface area contributed by atoms with E-state index in [1.807, 2.05) is 29.2 Å². The van der Waals surface area contributed by atoms with Crippen LogP contribution < -0.4 is 5.32 Å². The molecular formula is C18H22N2O2. The van der Waals surface area contributed by atoms with Gasteiger partial charge in [0.15, 0.2) is 0 Å². The normalized spacial score (nSPS) is 25.2. The number of hydrogen-bond acceptors (Lipinski definition) is 2. The molecule has 1 atom stereocenters. The molecule has 1 aromatic rings. The van der Waals surface area contributed by atoms with E-state index in [2.05, 4.69) is 5.32 Å². The number of benzene rings is 1. The summed E-state index contributed by atoms with van der Waals surface area (Å²) in [6.45, 7) is 0. The highest BCUT2D eigenvalue weighted by molar-refractivity contribution is 6.05. The van der Waals surface area contributed by atoms with E-state index in [4.69, 9.17) is 0 Å². The minimum absolute atomic E-state index is 0.0112. The minimum Gasteiger partial charge on any atom is -0.351 e. The molecule has 0 aromatic heterocycles. The Morgan fingerprint density at radius 3 is 2.50 bits per heavy atom. The predicted octanol–water partition coefficient (Wildman–Crippen LogP) is 2.79. The smallest absolute Gasteiger partial charge is 0.255 e. The number of carbonyl (C=O) groups excluding carboxylic acids is 2. The highest BCUT2D eigenvalue weighted by Crippen LogP contribution is 2.42. The second-order valence-corrected chi connectivity index (χ2v) is 6.78. The van der Waals surface area contributed by atoms with Crippen molar-refractivity contribution in [3.8, 4) is 0 Å². The van der Waals surface area contributed by atoms with E-state index in [9.17, 15) is 9.59 Å². The zero-order chi connectivity index (χ0) is 15.1. The molecule has 0 saturated heterocycles.